The number of carbonyl (C=O) groups is 4. The van der Waals surface area contributed by atoms with Crippen LogP contribution in [0.25, 0.3) is 0 Å². The zero-order valence-corrected chi connectivity index (χ0v) is 29.0. The molecule has 12 nitrogen and oxygen atoms in total. The number of ether oxygens (including phenoxy) is 4. The molecular weight excluding hydrogens is 592 g/mol. The summed E-state index contributed by atoms with van der Waals surface area (Å²) in [7, 11) is 0. The Balaban J connectivity index is 3.59. The molecule has 46 heavy (non-hydrogen) atoms. The van der Waals surface area contributed by atoms with Gasteiger partial charge in [0.1, 0.15) is 19.3 Å². The second-order valence-electron chi connectivity index (χ2n) is 11.7. The summed E-state index contributed by atoms with van der Waals surface area (Å²) in [5.74, 6) is -0.793. The Morgan fingerprint density at radius 3 is 1.52 bits per heavy atom. The molecule has 0 saturated carbocycles. The molecule has 0 heterocycles. The summed E-state index contributed by atoms with van der Waals surface area (Å²) < 4.78 is 21.0. The van der Waals surface area contributed by atoms with Gasteiger partial charge < -0.3 is 40.6 Å². The SMILES string of the molecule is CCCCCCCCCCCCCCCCCC(=O)NC(CN)C(=O)NCCOCCOCC(=O)NCCOCCOCC(C)=O. The quantitative estimate of drug-likeness (QED) is 0.0745. The fraction of sp³-hybridized carbons (Fsp3) is 0.882. The minimum Gasteiger partial charge on any atom is -0.377 e. The first-order valence-electron chi connectivity index (χ1n) is 17.7. The molecule has 0 fully saturated rings. The molecule has 3 amide bonds. The molecule has 0 saturated heterocycles. The number of hydrogen-bond donors (Lipinski definition) is 4. The molecule has 5 N–H and O–H groups in total. The van der Waals surface area contributed by atoms with Gasteiger partial charge in [-0.1, -0.05) is 96.8 Å². The van der Waals surface area contributed by atoms with Crippen molar-refractivity contribution in [2.24, 2.45) is 5.73 Å². The standard InChI is InChI=1S/C34H66N4O8/c1-3-4-5-6-7-8-9-10-11-12-13-14-15-16-17-18-32(40)38-31(27-35)34(42)37-20-22-44-24-26-46-29-33(41)36-19-21-43-23-25-45-28-30(2)39/h31H,3-29,35H2,1-2H3,(H,36,41)(H,37,42)(H,38,40). The van der Waals surface area contributed by atoms with E-state index in [9.17, 15) is 19.2 Å². The van der Waals surface area contributed by atoms with E-state index >= 15 is 0 Å². The molecule has 0 aromatic heterocycles. The number of rotatable bonds is 35. The summed E-state index contributed by atoms with van der Waals surface area (Å²) in [6.07, 6.45) is 19.5. The molecule has 0 aliphatic heterocycles. The number of unbranched alkanes of at least 4 members (excludes halogenated alkanes) is 14. The van der Waals surface area contributed by atoms with Crippen LogP contribution < -0.4 is 21.7 Å². The summed E-state index contributed by atoms with van der Waals surface area (Å²) in [4.78, 5) is 47.1. The number of carbonyl (C=O) groups excluding carboxylic acids is 4. The third-order valence-corrected chi connectivity index (χ3v) is 7.29. The number of Topliss-reactive ketones (excluding diaryl/α,β-unsaturated/α-hetero) is 1. The van der Waals surface area contributed by atoms with Crippen LogP contribution in [0.4, 0.5) is 0 Å². The van der Waals surface area contributed by atoms with Gasteiger partial charge in [0.05, 0.1) is 39.6 Å². The van der Waals surface area contributed by atoms with Gasteiger partial charge in [-0.15, -0.1) is 0 Å². The van der Waals surface area contributed by atoms with Crippen molar-refractivity contribution in [2.45, 2.75) is 123 Å². The largest absolute Gasteiger partial charge is 0.377 e. The van der Waals surface area contributed by atoms with E-state index in [1.165, 1.54) is 84.0 Å². The summed E-state index contributed by atoms with van der Waals surface area (Å²) in [6.45, 7) is 6.08. The molecule has 270 valence electrons. The minimum atomic E-state index is -0.767. The van der Waals surface area contributed by atoms with Crippen molar-refractivity contribution >= 4 is 23.5 Å². The Morgan fingerprint density at radius 1 is 0.565 bits per heavy atom. The van der Waals surface area contributed by atoms with Crippen molar-refractivity contribution in [1.29, 1.82) is 0 Å². The van der Waals surface area contributed by atoms with Gasteiger partial charge in [0.15, 0.2) is 5.78 Å². The second-order valence-corrected chi connectivity index (χ2v) is 11.7. The van der Waals surface area contributed by atoms with E-state index in [1.54, 1.807) is 0 Å². The van der Waals surface area contributed by atoms with E-state index in [0.29, 0.717) is 32.8 Å². The van der Waals surface area contributed by atoms with Crippen LogP contribution in [0.3, 0.4) is 0 Å². The summed E-state index contributed by atoms with van der Waals surface area (Å²) in [6, 6.07) is -0.767. The smallest absolute Gasteiger partial charge is 0.246 e. The highest BCUT2D eigenvalue weighted by atomic mass is 16.5. The van der Waals surface area contributed by atoms with Crippen LogP contribution >= 0.6 is 0 Å². The van der Waals surface area contributed by atoms with Gasteiger partial charge >= 0.3 is 0 Å². The van der Waals surface area contributed by atoms with E-state index in [4.69, 9.17) is 24.7 Å². The molecule has 0 spiro atoms. The summed E-state index contributed by atoms with van der Waals surface area (Å²) >= 11 is 0. The zero-order chi connectivity index (χ0) is 33.9. The van der Waals surface area contributed by atoms with Crippen LogP contribution in [0.5, 0.6) is 0 Å². The zero-order valence-electron chi connectivity index (χ0n) is 29.0. The Morgan fingerprint density at radius 2 is 1.02 bits per heavy atom. The normalized spacial score (nSPS) is 11.7. The van der Waals surface area contributed by atoms with Gasteiger partial charge in [-0.2, -0.15) is 0 Å². The molecule has 12 heteroatoms. The maximum absolute atomic E-state index is 12.4. The Kier molecular flexibility index (Phi) is 32.6. The number of nitrogens with one attached hydrogen (secondary N) is 3. The maximum atomic E-state index is 12.4. The predicted octanol–water partition coefficient (Wildman–Crippen LogP) is 3.58. The summed E-state index contributed by atoms with van der Waals surface area (Å²) in [5, 5.41) is 8.12. The van der Waals surface area contributed by atoms with E-state index in [1.807, 2.05) is 0 Å². The van der Waals surface area contributed by atoms with E-state index in [-0.39, 0.29) is 69.6 Å². The highest BCUT2D eigenvalue weighted by molar-refractivity contribution is 5.87. The van der Waals surface area contributed by atoms with Gasteiger partial charge in [0, 0.05) is 26.1 Å². The second kappa shape index (κ2) is 34.2. The fourth-order valence-electron chi connectivity index (χ4n) is 4.66. The highest BCUT2D eigenvalue weighted by Gasteiger charge is 2.18. The fourth-order valence-corrected chi connectivity index (χ4v) is 4.66. The van der Waals surface area contributed by atoms with Crippen molar-refractivity contribution in [3.05, 3.63) is 0 Å². The molecular formula is C34H66N4O8. The van der Waals surface area contributed by atoms with Crippen LogP contribution in [0, 0.1) is 0 Å². The third kappa shape index (κ3) is 31.8. The molecule has 0 bridgehead atoms. The van der Waals surface area contributed by atoms with Gasteiger partial charge in [-0.05, 0) is 13.3 Å². The van der Waals surface area contributed by atoms with Crippen molar-refractivity contribution in [2.75, 3.05) is 72.5 Å². The molecule has 0 aliphatic rings. The topological polar surface area (TPSA) is 167 Å². The Labute approximate surface area is 278 Å². The van der Waals surface area contributed by atoms with Crippen molar-refractivity contribution in [1.82, 2.24) is 16.0 Å². The number of ketones is 1. The minimum absolute atomic E-state index is 0.0227. The van der Waals surface area contributed by atoms with Gasteiger partial charge in [-0.3, -0.25) is 19.2 Å². The number of nitrogens with two attached hydrogens (primary N) is 1. The monoisotopic (exact) mass is 658 g/mol. The first-order chi connectivity index (χ1) is 22.4. The number of hydrogen-bond acceptors (Lipinski definition) is 9. The molecule has 0 rings (SSSR count). The molecule has 0 radical (unpaired) electrons. The highest BCUT2D eigenvalue weighted by Crippen LogP contribution is 2.13. The maximum Gasteiger partial charge on any atom is 0.246 e. The first-order valence-corrected chi connectivity index (χ1v) is 17.7. The molecule has 0 aromatic rings. The molecule has 0 aromatic carbocycles. The van der Waals surface area contributed by atoms with Gasteiger partial charge in [0.2, 0.25) is 17.7 Å². The van der Waals surface area contributed by atoms with Crippen LogP contribution in [0.1, 0.15) is 117 Å². The third-order valence-electron chi connectivity index (χ3n) is 7.29. The lowest BCUT2D eigenvalue weighted by Gasteiger charge is -2.16. The van der Waals surface area contributed by atoms with Crippen molar-refractivity contribution < 1.29 is 38.1 Å². The summed E-state index contributed by atoms with van der Waals surface area (Å²) in [5.41, 5.74) is 5.71. The Hall–Kier alpha value is -2.12. The van der Waals surface area contributed by atoms with Crippen molar-refractivity contribution in [3.63, 3.8) is 0 Å². The van der Waals surface area contributed by atoms with E-state index in [0.717, 1.165) is 19.3 Å². The predicted molar refractivity (Wildman–Crippen MR) is 181 cm³/mol. The Bertz CT molecular complexity index is 757. The molecule has 1 atom stereocenters. The molecule has 0 aliphatic carbocycles. The van der Waals surface area contributed by atoms with Crippen LogP contribution in [0.2, 0.25) is 0 Å². The van der Waals surface area contributed by atoms with Gasteiger partial charge in [0.25, 0.3) is 0 Å². The van der Waals surface area contributed by atoms with Crippen LogP contribution in [0.15, 0.2) is 0 Å². The lowest BCUT2D eigenvalue weighted by atomic mass is 10.0. The lowest BCUT2D eigenvalue weighted by Crippen LogP contribution is -2.51. The number of amides is 3. The lowest BCUT2D eigenvalue weighted by molar-refractivity contribution is -0.129. The van der Waals surface area contributed by atoms with Crippen LogP contribution in [-0.4, -0.2) is 102 Å². The first kappa shape index (κ1) is 43.9. The molecule has 1 unspecified atom stereocenters. The van der Waals surface area contributed by atoms with Crippen LogP contribution in [-0.2, 0) is 38.1 Å². The van der Waals surface area contributed by atoms with E-state index < -0.39 is 6.04 Å². The van der Waals surface area contributed by atoms with Crippen molar-refractivity contribution in [3.8, 4) is 0 Å². The average molecular weight is 659 g/mol. The average Bonchev–Trinajstić information content (AvgIpc) is 3.03. The van der Waals surface area contributed by atoms with E-state index in [2.05, 4.69) is 22.9 Å². The van der Waals surface area contributed by atoms with Gasteiger partial charge in [-0.25, -0.2) is 0 Å².